The number of benzene rings is 3. The van der Waals surface area contributed by atoms with E-state index in [1.807, 2.05) is 62.4 Å². The average Bonchev–Trinajstić information content (AvgIpc) is 2.81. The Kier molecular flexibility index (Phi) is 8.75. The molecule has 0 fully saturated rings. The summed E-state index contributed by atoms with van der Waals surface area (Å²) in [4.78, 5) is 27.6. The largest absolute Gasteiger partial charge is 0.483 e. The van der Waals surface area contributed by atoms with Crippen molar-refractivity contribution in [1.82, 2.24) is 10.2 Å². The van der Waals surface area contributed by atoms with Crippen molar-refractivity contribution in [2.24, 2.45) is 0 Å². The third-order valence-corrected chi connectivity index (χ3v) is 6.64. The Hall–Kier alpha value is -2.57. The highest BCUT2D eigenvalue weighted by atomic mass is 79.9. The molecule has 0 spiro atoms. The maximum absolute atomic E-state index is 13.3. The number of nitrogens with zero attached hydrogens (tertiary/aromatic N) is 1. The molecule has 3 aromatic rings. The van der Waals surface area contributed by atoms with Crippen LogP contribution in [0.5, 0.6) is 5.75 Å². The van der Waals surface area contributed by atoms with E-state index in [1.54, 1.807) is 19.1 Å². The van der Waals surface area contributed by atoms with E-state index in [4.69, 9.17) is 16.3 Å². The molecule has 2 unspecified atom stereocenters. The standard InChI is InChI=1S/C26H28BrClN2O3/c1-4-17(2)29-26(32)18(3)30(15-19-8-7-10-21(28)14-19)24(31)16-33-23-13-12-20-9-5-6-11-22(20)25(23)27/h5-14,17-18H,4,15-16H2,1-3H3,(H,29,32). The van der Waals surface area contributed by atoms with Gasteiger partial charge in [-0.1, -0.05) is 61.0 Å². The first-order valence-corrected chi connectivity index (χ1v) is 12.1. The molecule has 0 radical (unpaired) electrons. The minimum atomic E-state index is -0.672. The van der Waals surface area contributed by atoms with Gasteiger partial charge in [0.2, 0.25) is 5.91 Å². The number of amides is 2. The highest BCUT2D eigenvalue weighted by Crippen LogP contribution is 2.33. The number of rotatable bonds is 9. The number of fused-ring (bicyclic) bond motifs is 1. The fourth-order valence-corrected chi connectivity index (χ4v) is 4.25. The first-order chi connectivity index (χ1) is 15.8. The van der Waals surface area contributed by atoms with Crippen LogP contribution in [-0.2, 0) is 16.1 Å². The zero-order chi connectivity index (χ0) is 24.0. The monoisotopic (exact) mass is 530 g/mol. The molecule has 0 aliphatic rings. The van der Waals surface area contributed by atoms with Crippen molar-refractivity contribution < 1.29 is 14.3 Å². The van der Waals surface area contributed by atoms with Gasteiger partial charge >= 0.3 is 0 Å². The molecule has 7 heteroatoms. The first-order valence-electron chi connectivity index (χ1n) is 10.9. The van der Waals surface area contributed by atoms with E-state index >= 15 is 0 Å². The van der Waals surface area contributed by atoms with Crippen LogP contribution in [0.1, 0.15) is 32.8 Å². The summed E-state index contributed by atoms with van der Waals surface area (Å²) in [6, 6.07) is 18.3. The summed E-state index contributed by atoms with van der Waals surface area (Å²) in [5, 5.41) is 5.60. The first kappa shape index (κ1) is 25.1. The van der Waals surface area contributed by atoms with Crippen LogP contribution in [0.15, 0.2) is 65.1 Å². The maximum Gasteiger partial charge on any atom is 0.261 e. The van der Waals surface area contributed by atoms with Crippen LogP contribution >= 0.6 is 27.5 Å². The van der Waals surface area contributed by atoms with Crippen molar-refractivity contribution in [2.45, 2.75) is 45.8 Å². The molecule has 2 atom stereocenters. The van der Waals surface area contributed by atoms with Crippen LogP contribution in [0.25, 0.3) is 10.8 Å². The molecule has 3 aromatic carbocycles. The van der Waals surface area contributed by atoms with E-state index in [2.05, 4.69) is 21.2 Å². The topological polar surface area (TPSA) is 58.6 Å². The molecule has 1 N–H and O–H groups in total. The van der Waals surface area contributed by atoms with E-state index in [-0.39, 0.29) is 31.0 Å². The van der Waals surface area contributed by atoms with Gasteiger partial charge in [0.05, 0.1) is 4.47 Å². The molecule has 0 saturated heterocycles. The zero-order valence-corrected chi connectivity index (χ0v) is 21.3. The van der Waals surface area contributed by atoms with Gasteiger partial charge in [0, 0.05) is 17.6 Å². The molecular weight excluding hydrogens is 504 g/mol. The van der Waals surface area contributed by atoms with E-state index in [0.717, 1.165) is 27.2 Å². The summed E-state index contributed by atoms with van der Waals surface area (Å²) in [6.07, 6.45) is 0.805. The van der Waals surface area contributed by atoms with Gasteiger partial charge in [-0.25, -0.2) is 0 Å². The van der Waals surface area contributed by atoms with Crippen LogP contribution in [0, 0.1) is 0 Å². The predicted octanol–water partition coefficient (Wildman–Crippen LogP) is 5.97. The summed E-state index contributed by atoms with van der Waals surface area (Å²) < 4.78 is 6.67. The van der Waals surface area contributed by atoms with Crippen molar-refractivity contribution in [1.29, 1.82) is 0 Å². The van der Waals surface area contributed by atoms with E-state index in [0.29, 0.717) is 10.8 Å². The molecule has 174 valence electrons. The van der Waals surface area contributed by atoms with Crippen molar-refractivity contribution in [3.63, 3.8) is 0 Å². The van der Waals surface area contributed by atoms with Crippen LogP contribution in [0.3, 0.4) is 0 Å². The molecule has 0 heterocycles. The number of carbonyl (C=O) groups excluding carboxylic acids is 2. The van der Waals surface area contributed by atoms with Gasteiger partial charge in [-0.3, -0.25) is 9.59 Å². The molecule has 5 nitrogen and oxygen atoms in total. The van der Waals surface area contributed by atoms with Crippen molar-refractivity contribution in [3.8, 4) is 5.75 Å². The molecule has 0 saturated carbocycles. The van der Waals surface area contributed by atoms with Crippen LogP contribution in [0.2, 0.25) is 5.02 Å². The van der Waals surface area contributed by atoms with E-state index in [9.17, 15) is 9.59 Å². The molecule has 0 aliphatic heterocycles. The highest BCUT2D eigenvalue weighted by Gasteiger charge is 2.27. The SMILES string of the molecule is CCC(C)NC(=O)C(C)N(Cc1cccc(Cl)c1)C(=O)COc1ccc2ccccc2c1Br. The molecule has 0 aliphatic carbocycles. The summed E-state index contributed by atoms with van der Waals surface area (Å²) in [6.45, 7) is 5.72. The lowest BCUT2D eigenvalue weighted by atomic mass is 10.1. The quantitative estimate of drug-likeness (QED) is 0.370. The second-order valence-corrected chi connectivity index (χ2v) is 9.26. The minimum absolute atomic E-state index is 0.0212. The third-order valence-electron chi connectivity index (χ3n) is 5.59. The predicted molar refractivity (Wildman–Crippen MR) is 137 cm³/mol. The Balaban J connectivity index is 1.79. The van der Waals surface area contributed by atoms with Crippen LogP contribution in [0.4, 0.5) is 0 Å². The summed E-state index contributed by atoms with van der Waals surface area (Å²) in [7, 11) is 0. The van der Waals surface area contributed by atoms with Gasteiger partial charge in [-0.2, -0.15) is 0 Å². The van der Waals surface area contributed by atoms with Crippen molar-refractivity contribution in [2.75, 3.05) is 6.61 Å². The average molecular weight is 532 g/mol. The Morgan fingerprint density at radius 1 is 1.09 bits per heavy atom. The molecule has 0 aromatic heterocycles. The number of nitrogens with one attached hydrogen (secondary N) is 1. The number of carbonyl (C=O) groups is 2. The fourth-order valence-electron chi connectivity index (χ4n) is 3.43. The zero-order valence-electron chi connectivity index (χ0n) is 19.0. The second kappa shape index (κ2) is 11.5. The summed E-state index contributed by atoms with van der Waals surface area (Å²) >= 11 is 9.72. The van der Waals surface area contributed by atoms with Gasteiger partial charge in [0.1, 0.15) is 11.8 Å². The molecule has 33 heavy (non-hydrogen) atoms. The lowest BCUT2D eigenvalue weighted by molar-refractivity contribution is -0.142. The smallest absolute Gasteiger partial charge is 0.261 e. The Labute approximate surface area is 208 Å². The van der Waals surface area contributed by atoms with Gasteiger partial charge < -0.3 is 15.0 Å². The van der Waals surface area contributed by atoms with Gasteiger partial charge in [-0.15, -0.1) is 0 Å². The van der Waals surface area contributed by atoms with E-state index in [1.165, 1.54) is 4.90 Å². The van der Waals surface area contributed by atoms with Gasteiger partial charge in [0.15, 0.2) is 6.61 Å². The van der Waals surface area contributed by atoms with Gasteiger partial charge in [-0.05, 0) is 70.7 Å². The van der Waals surface area contributed by atoms with E-state index < -0.39 is 6.04 Å². The number of hydrogen-bond donors (Lipinski definition) is 1. The highest BCUT2D eigenvalue weighted by molar-refractivity contribution is 9.10. The maximum atomic E-state index is 13.3. The summed E-state index contributed by atoms with van der Waals surface area (Å²) in [5.41, 5.74) is 0.839. The van der Waals surface area contributed by atoms with Crippen LogP contribution < -0.4 is 10.1 Å². The Morgan fingerprint density at radius 3 is 2.58 bits per heavy atom. The van der Waals surface area contributed by atoms with Crippen molar-refractivity contribution >= 4 is 50.1 Å². The van der Waals surface area contributed by atoms with Crippen LogP contribution in [-0.4, -0.2) is 35.4 Å². The number of halogens is 2. The minimum Gasteiger partial charge on any atom is -0.483 e. The third kappa shape index (κ3) is 6.49. The molecule has 3 rings (SSSR count). The Bertz CT molecular complexity index is 1140. The second-order valence-electron chi connectivity index (χ2n) is 8.03. The molecular formula is C26H28BrClN2O3. The number of hydrogen-bond acceptors (Lipinski definition) is 3. The molecule has 0 bridgehead atoms. The normalized spacial score (nSPS) is 12.8. The fraction of sp³-hybridized carbons (Fsp3) is 0.308. The Morgan fingerprint density at radius 2 is 1.85 bits per heavy atom. The van der Waals surface area contributed by atoms with Gasteiger partial charge in [0.25, 0.3) is 5.91 Å². The van der Waals surface area contributed by atoms with Crippen molar-refractivity contribution in [3.05, 3.63) is 75.7 Å². The summed E-state index contributed by atoms with van der Waals surface area (Å²) in [5.74, 6) is 0.0786. The lowest BCUT2D eigenvalue weighted by Gasteiger charge is -2.29. The number of ether oxygens (including phenoxy) is 1. The molecule has 2 amide bonds. The lowest BCUT2D eigenvalue weighted by Crippen LogP contribution is -2.50.